The van der Waals surface area contributed by atoms with Crippen molar-refractivity contribution >= 4 is 11.8 Å². The summed E-state index contributed by atoms with van der Waals surface area (Å²) in [6.45, 7) is 9.22. The zero-order valence-corrected chi connectivity index (χ0v) is 18.7. The van der Waals surface area contributed by atoms with Gasteiger partial charge in [-0.25, -0.2) is 0 Å². The second-order valence-corrected chi connectivity index (χ2v) is 8.40. The van der Waals surface area contributed by atoms with E-state index in [-0.39, 0.29) is 17.9 Å². The number of morpholine rings is 1. The molecule has 31 heavy (non-hydrogen) atoms. The number of carbonyl (C=O) groups is 2. The van der Waals surface area contributed by atoms with Crippen molar-refractivity contribution in [2.45, 2.75) is 38.4 Å². The van der Waals surface area contributed by atoms with Crippen LogP contribution in [-0.4, -0.2) is 97.6 Å². The number of hydrogen-bond donors (Lipinski definition) is 2. The summed E-state index contributed by atoms with van der Waals surface area (Å²) in [5.41, 5.74) is 6.82. The first-order valence-corrected chi connectivity index (χ1v) is 11.4. The summed E-state index contributed by atoms with van der Waals surface area (Å²) in [7, 11) is 0. The number of piperidine rings is 1. The van der Waals surface area contributed by atoms with Gasteiger partial charge in [-0.15, -0.1) is 0 Å². The molecular weight excluding hydrogens is 394 g/mol. The zero-order valence-electron chi connectivity index (χ0n) is 18.7. The summed E-state index contributed by atoms with van der Waals surface area (Å²) in [4.78, 5) is 31.6. The molecule has 0 aliphatic carbocycles. The first-order valence-electron chi connectivity index (χ1n) is 11.4. The van der Waals surface area contributed by atoms with Gasteiger partial charge in [-0.2, -0.15) is 0 Å². The molecule has 2 fully saturated rings. The summed E-state index contributed by atoms with van der Waals surface area (Å²) in [6, 6.07) is 10.3. The van der Waals surface area contributed by atoms with Crippen LogP contribution in [-0.2, 0) is 20.9 Å². The van der Waals surface area contributed by atoms with Gasteiger partial charge in [-0.05, 0) is 18.4 Å². The monoisotopic (exact) mass is 431 g/mol. The Balaban J connectivity index is 1.71. The number of likely N-dealkylation sites (tertiary alicyclic amines) is 1. The van der Waals surface area contributed by atoms with Crippen molar-refractivity contribution in [3.63, 3.8) is 0 Å². The van der Waals surface area contributed by atoms with Crippen LogP contribution in [0.15, 0.2) is 30.3 Å². The molecule has 2 amide bonds. The third-order valence-corrected chi connectivity index (χ3v) is 6.28. The highest BCUT2D eigenvalue weighted by Crippen LogP contribution is 2.24. The van der Waals surface area contributed by atoms with E-state index < -0.39 is 6.04 Å². The Hall–Kier alpha value is -2.00. The highest BCUT2D eigenvalue weighted by molar-refractivity contribution is 5.87. The summed E-state index contributed by atoms with van der Waals surface area (Å²) in [6.07, 6.45) is 1.52. The minimum atomic E-state index is -0.440. The van der Waals surface area contributed by atoms with E-state index in [0.29, 0.717) is 26.1 Å². The smallest absolute Gasteiger partial charge is 0.242 e. The number of rotatable bonds is 9. The molecule has 2 atom stereocenters. The van der Waals surface area contributed by atoms with Gasteiger partial charge in [-0.3, -0.25) is 19.4 Å². The van der Waals surface area contributed by atoms with Gasteiger partial charge >= 0.3 is 0 Å². The average Bonchev–Trinajstić information content (AvgIpc) is 2.81. The molecule has 8 nitrogen and oxygen atoms in total. The van der Waals surface area contributed by atoms with Crippen molar-refractivity contribution in [2.75, 3.05) is 59.0 Å². The first-order chi connectivity index (χ1) is 15.1. The van der Waals surface area contributed by atoms with E-state index in [1.54, 1.807) is 11.8 Å². The van der Waals surface area contributed by atoms with E-state index >= 15 is 0 Å². The van der Waals surface area contributed by atoms with Gasteiger partial charge in [0.25, 0.3) is 0 Å². The fourth-order valence-electron chi connectivity index (χ4n) is 4.52. The molecule has 0 saturated carbocycles. The maximum atomic E-state index is 12.8. The van der Waals surface area contributed by atoms with E-state index in [1.165, 1.54) is 5.56 Å². The number of nitrogens with one attached hydrogen (secondary N) is 1. The maximum absolute atomic E-state index is 12.8. The van der Waals surface area contributed by atoms with Crippen molar-refractivity contribution in [3.8, 4) is 0 Å². The molecule has 8 heteroatoms. The van der Waals surface area contributed by atoms with E-state index in [4.69, 9.17) is 10.5 Å². The average molecular weight is 432 g/mol. The summed E-state index contributed by atoms with van der Waals surface area (Å²) in [5, 5.41) is 2.88. The van der Waals surface area contributed by atoms with Gasteiger partial charge in [0.1, 0.15) is 6.04 Å². The SMILES string of the molecule is CC(=O)N1CCC(N(CCN2CCOCC2)Cc2ccccc2)C[C@@H]1C(=O)NCCN. The molecule has 3 N–H and O–H groups in total. The van der Waals surface area contributed by atoms with Gasteiger partial charge in [0.05, 0.1) is 13.2 Å². The lowest BCUT2D eigenvalue weighted by Gasteiger charge is -2.43. The second-order valence-electron chi connectivity index (χ2n) is 8.40. The Labute approximate surface area is 185 Å². The molecule has 1 aromatic carbocycles. The molecule has 2 saturated heterocycles. The van der Waals surface area contributed by atoms with Gasteiger partial charge in [0.15, 0.2) is 0 Å². The first kappa shape index (κ1) is 23.7. The van der Waals surface area contributed by atoms with Crippen molar-refractivity contribution < 1.29 is 14.3 Å². The Kier molecular flexibility index (Phi) is 9.27. The Bertz CT molecular complexity index is 696. The predicted molar refractivity (Wildman–Crippen MR) is 120 cm³/mol. The van der Waals surface area contributed by atoms with E-state index in [0.717, 1.165) is 52.4 Å². The number of carbonyl (C=O) groups excluding carboxylic acids is 2. The molecule has 3 rings (SSSR count). The minimum absolute atomic E-state index is 0.0470. The van der Waals surface area contributed by atoms with Crippen LogP contribution in [0, 0.1) is 0 Å². The topological polar surface area (TPSA) is 91.1 Å². The zero-order chi connectivity index (χ0) is 22.1. The van der Waals surface area contributed by atoms with Crippen LogP contribution < -0.4 is 11.1 Å². The van der Waals surface area contributed by atoms with Gasteiger partial charge < -0.3 is 20.7 Å². The molecule has 2 heterocycles. The van der Waals surface area contributed by atoms with Crippen LogP contribution in [0.3, 0.4) is 0 Å². The molecule has 1 unspecified atom stereocenters. The number of hydrogen-bond acceptors (Lipinski definition) is 6. The number of ether oxygens (including phenoxy) is 1. The summed E-state index contributed by atoms with van der Waals surface area (Å²) >= 11 is 0. The molecule has 0 bridgehead atoms. The lowest BCUT2D eigenvalue weighted by molar-refractivity contribution is -0.142. The molecule has 172 valence electrons. The fourth-order valence-corrected chi connectivity index (χ4v) is 4.52. The van der Waals surface area contributed by atoms with E-state index in [2.05, 4.69) is 39.4 Å². The third kappa shape index (κ3) is 7.00. The van der Waals surface area contributed by atoms with Gasteiger partial charge in [-0.1, -0.05) is 30.3 Å². The van der Waals surface area contributed by atoms with Crippen LogP contribution in [0.25, 0.3) is 0 Å². The highest BCUT2D eigenvalue weighted by atomic mass is 16.5. The Morgan fingerprint density at radius 2 is 1.94 bits per heavy atom. The number of nitrogens with two attached hydrogens (primary N) is 1. The van der Waals surface area contributed by atoms with E-state index in [9.17, 15) is 9.59 Å². The largest absolute Gasteiger partial charge is 0.379 e. The minimum Gasteiger partial charge on any atom is -0.379 e. The van der Waals surface area contributed by atoms with Crippen LogP contribution >= 0.6 is 0 Å². The lowest BCUT2D eigenvalue weighted by Crippen LogP contribution is -2.57. The fraction of sp³-hybridized carbons (Fsp3) is 0.652. The van der Waals surface area contributed by atoms with E-state index in [1.807, 2.05) is 6.07 Å². The van der Waals surface area contributed by atoms with Crippen molar-refractivity contribution in [2.24, 2.45) is 5.73 Å². The molecule has 0 radical (unpaired) electrons. The summed E-state index contributed by atoms with van der Waals surface area (Å²) in [5.74, 6) is -0.146. The number of benzene rings is 1. The normalized spacial score (nSPS) is 22.5. The van der Waals surface area contributed by atoms with Crippen molar-refractivity contribution in [1.82, 2.24) is 20.0 Å². The van der Waals surface area contributed by atoms with Crippen molar-refractivity contribution in [1.29, 1.82) is 0 Å². The van der Waals surface area contributed by atoms with Crippen LogP contribution in [0.5, 0.6) is 0 Å². The summed E-state index contributed by atoms with van der Waals surface area (Å²) < 4.78 is 5.48. The lowest BCUT2D eigenvalue weighted by atomic mass is 9.94. The standard InChI is InChI=1S/C23H37N5O3/c1-19(29)28-10-7-21(17-22(28)23(30)25-9-8-24)27(18-20-5-3-2-4-6-20)12-11-26-13-15-31-16-14-26/h2-6,21-22H,7-18,24H2,1H3,(H,25,30)/t21?,22-/m1/s1. The van der Waals surface area contributed by atoms with Gasteiger partial charge in [0, 0.05) is 65.3 Å². The van der Waals surface area contributed by atoms with Gasteiger partial charge in [0.2, 0.25) is 11.8 Å². The maximum Gasteiger partial charge on any atom is 0.242 e. The Morgan fingerprint density at radius 3 is 2.61 bits per heavy atom. The predicted octanol–water partition coefficient (Wildman–Crippen LogP) is 0.275. The molecule has 1 aromatic rings. The Morgan fingerprint density at radius 1 is 1.19 bits per heavy atom. The molecule has 0 spiro atoms. The molecule has 2 aliphatic heterocycles. The second kappa shape index (κ2) is 12.1. The van der Waals surface area contributed by atoms with Crippen LogP contribution in [0.2, 0.25) is 0 Å². The molecular formula is C23H37N5O3. The van der Waals surface area contributed by atoms with Crippen molar-refractivity contribution in [3.05, 3.63) is 35.9 Å². The number of nitrogens with zero attached hydrogens (tertiary/aromatic N) is 3. The molecule has 2 aliphatic rings. The van der Waals surface area contributed by atoms with Crippen LogP contribution in [0.1, 0.15) is 25.3 Å². The quantitative estimate of drug-likeness (QED) is 0.584. The molecule has 0 aromatic heterocycles. The third-order valence-electron chi connectivity index (χ3n) is 6.28. The number of amides is 2. The highest BCUT2D eigenvalue weighted by Gasteiger charge is 2.37. The van der Waals surface area contributed by atoms with Crippen LogP contribution in [0.4, 0.5) is 0 Å².